The second-order valence-corrected chi connectivity index (χ2v) is 10.3. The topological polar surface area (TPSA) is 78.9 Å². The van der Waals surface area contributed by atoms with Crippen LogP contribution in [0.5, 0.6) is 0 Å². The summed E-state index contributed by atoms with van der Waals surface area (Å²) in [6.07, 6.45) is 0.593. The third-order valence-corrected chi connectivity index (χ3v) is 7.59. The number of carbonyl (C=O) groups excluding carboxylic acids is 3. The molecule has 0 spiro atoms. The molecule has 0 aliphatic carbocycles. The van der Waals surface area contributed by atoms with E-state index in [0.29, 0.717) is 16.7 Å². The molecule has 0 amide bonds. The molecular formula is C18H27BiO6. The van der Waals surface area contributed by atoms with Gasteiger partial charge in [-0.2, -0.15) is 0 Å². The third kappa shape index (κ3) is 12.1. The summed E-state index contributed by atoms with van der Waals surface area (Å²) < 4.78 is 16.7. The van der Waals surface area contributed by atoms with Gasteiger partial charge in [-0.05, 0) is 0 Å². The zero-order valence-electron chi connectivity index (χ0n) is 15.3. The third-order valence-electron chi connectivity index (χ3n) is 3.01. The van der Waals surface area contributed by atoms with Crippen molar-refractivity contribution >= 4 is 40.4 Å². The van der Waals surface area contributed by atoms with Gasteiger partial charge < -0.3 is 0 Å². The van der Waals surface area contributed by atoms with Crippen LogP contribution in [0.1, 0.15) is 40.0 Å². The Bertz CT molecular complexity index is 462. The van der Waals surface area contributed by atoms with Crippen molar-refractivity contribution in [2.24, 2.45) is 0 Å². The van der Waals surface area contributed by atoms with E-state index < -0.39 is 23.1 Å². The molecule has 0 heterocycles. The second kappa shape index (κ2) is 13.2. The zero-order chi connectivity index (χ0) is 19.4. The van der Waals surface area contributed by atoms with Crippen LogP contribution in [-0.2, 0) is 22.8 Å². The molecule has 7 heteroatoms. The molecule has 140 valence electrons. The molecule has 0 atom stereocenters. The molecule has 6 nitrogen and oxygen atoms in total. The number of ketones is 3. The summed E-state index contributed by atoms with van der Waals surface area (Å²) in [6.45, 7) is 16.2. The molecule has 0 aromatic rings. The maximum atomic E-state index is 11.5. The van der Waals surface area contributed by atoms with Gasteiger partial charge in [0.1, 0.15) is 0 Å². The van der Waals surface area contributed by atoms with E-state index in [4.69, 9.17) is 8.44 Å². The second-order valence-electron chi connectivity index (χ2n) is 5.58. The van der Waals surface area contributed by atoms with Gasteiger partial charge in [0, 0.05) is 0 Å². The van der Waals surface area contributed by atoms with Gasteiger partial charge in [-0.15, -0.1) is 0 Å². The van der Waals surface area contributed by atoms with E-state index in [1.807, 2.05) is 0 Å². The molecule has 25 heavy (non-hydrogen) atoms. The van der Waals surface area contributed by atoms with Crippen molar-refractivity contribution in [2.45, 2.75) is 40.0 Å². The van der Waals surface area contributed by atoms with Crippen LogP contribution in [0.15, 0.2) is 36.5 Å². The standard InChI is InChI=1S/3C6H9O2.Bi/c3*1-5(2)6(8)3-4-7;/h3*1,3-4H2,2H3;/q3*-1;+3. The molecule has 0 aromatic carbocycles. The molecule has 0 saturated heterocycles. The van der Waals surface area contributed by atoms with Crippen molar-refractivity contribution in [3.63, 3.8) is 0 Å². The molecule has 0 radical (unpaired) electrons. The number of allylic oxidation sites excluding steroid dienone is 3. The Hall–Kier alpha value is -1.01. The molecule has 0 N–H and O–H groups in total. The quantitative estimate of drug-likeness (QED) is 0.231. The molecule has 0 aliphatic rings. The first-order valence-corrected chi connectivity index (χ1v) is 12.2. The Balaban J connectivity index is 4.38. The van der Waals surface area contributed by atoms with Gasteiger partial charge in [-0.3, -0.25) is 0 Å². The summed E-state index contributed by atoms with van der Waals surface area (Å²) in [7, 11) is 0. The Kier molecular flexibility index (Phi) is 12.7. The van der Waals surface area contributed by atoms with Gasteiger partial charge in [0.05, 0.1) is 0 Å². The Morgan fingerprint density at radius 3 is 1.08 bits per heavy atom. The number of hydrogen-bond donors (Lipinski definition) is 0. The molecule has 0 saturated carbocycles. The molecule has 0 unspecified atom stereocenters. The first-order chi connectivity index (χ1) is 11.6. The van der Waals surface area contributed by atoms with E-state index in [9.17, 15) is 14.4 Å². The zero-order valence-corrected chi connectivity index (χ0v) is 18.7. The summed E-state index contributed by atoms with van der Waals surface area (Å²) in [5, 5.41) is 0. The van der Waals surface area contributed by atoms with Crippen molar-refractivity contribution in [1.29, 1.82) is 0 Å². The van der Waals surface area contributed by atoms with Gasteiger partial charge in [0.15, 0.2) is 0 Å². The molecule has 0 aliphatic heterocycles. The summed E-state index contributed by atoms with van der Waals surface area (Å²) in [5.74, 6) is -0.253. The van der Waals surface area contributed by atoms with E-state index in [-0.39, 0.29) is 56.4 Å². The first kappa shape index (κ1) is 24.0. The van der Waals surface area contributed by atoms with Crippen LogP contribution < -0.4 is 0 Å². The Morgan fingerprint density at radius 1 is 0.640 bits per heavy atom. The molecule has 0 aromatic heterocycles. The van der Waals surface area contributed by atoms with Crippen LogP contribution in [0.3, 0.4) is 0 Å². The van der Waals surface area contributed by atoms with Gasteiger partial charge in [-0.25, -0.2) is 0 Å². The van der Waals surface area contributed by atoms with E-state index in [1.54, 1.807) is 20.8 Å². The monoisotopic (exact) mass is 548 g/mol. The van der Waals surface area contributed by atoms with Crippen LogP contribution >= 0.6 is 0 Å². The maximum absolute atomic E-state index is 11.5. The predicted molar refractivity (Wildman–Crippen MR) is 96.9 cm³/mol. The van der Waals surface area contributed by atoms with Gasteiger partial charge in [0.25, 0.3) is 0 Å². The summed E-state index contributed by atoms with van der Waals surface area (Å²) in [5.41, 5.74) is 1.40. The molecule has 0 fully saturated rings. The molecule has 0 rings (SSSR count). The normalized spacial score (nSPS) is 10.6. The van der Waals surface area contributed by atoms with Crippen molar-refractivity contribution < 1.29 is 22.8 Å². The van der Waals surface area contributed by atoms with Crippen LogP contribution in [0.2, 0.25) is 0 Å². The van der Waals surface area contributed by atoms with Gasteiger partial charge in [-0.1, -0.05) is 0 Å². The summed E-state index contributed by atoms with van der Waals surface area (Å²) in [6, 6.07) is 0. The number of rotatable bonds is 15. The van der Waals surface area contributed by atoms with Crippen molar-refractivity contribution in [2.75, 3.05) is 19.8 Å². The van der Waals surface area contributed by atoms with Gasteiger partial charge >= 0.3 is 160 Å². The van der Waals surface area contributed by atoms with Crippen molar-refractivity contribution in [3.8, 4) is 0 Å². The fraction of sp³-hybridized carbons (Fsp3) is 0.500. The average molecular weight is 548 g/mol. The SMILES string of the molecule is C=C(C)C(=O)CC[O][Bi]([O]CCC(=O)C(=C)C)[O]CCC(=O)C(=C)C. The van der Waals surface area contributed by atoms with Crippen LogP contribution in [0.25, 0.3) is 0 Å². The number of hydrogen-bond acceptors (Lipinski definition) is 6. The minimum atomic E-state index is -3.24. The van der Waals surface area contributed by atoms with Crippen LogP contribution in [0.4, 0.5) is 0 Å². The van der Waals surface area contributed by atoms with E-state index in [0.717, 1.165) is 0 Å². The number of carbonyl (C=O) groups is 3. The minimum absolute atomic E-state index is 0.0844. The average Bonchev–Trinajstić information content (AvgIpc) is 2.53. The Morgan fingerprint density at radius 2 is 0.880 bits per heavy atom. The molecular weight excluding hydrogens is 521 g/mol. The van der Waals surface area contributed by atoms with Crippen molar-refractivity contribution in [3.05, 3.63) is 36.5 Å². The first-order valence-electron chi connectivity index (χ1n) is 7.90. The van der Waals surface area contributed by atoms with Crippen molar-refractivity contribution in [1.82, 2.24) is 0 Å². The van der Waals surface area contributed by atoms with Gasteiger partial charge in [0.2, 0.25) is 0 Å². The van der Waals surface area contributed by atoms with E-state index in [1.165, 1.54) is 0 Å². The number of Topliss-reactive ketones (excluding diaryl/α,β-unsaturated/α-hetero) is 3. The fourth-order valence-corrected chi connectivity index (χ4v) is 5.06. The summed E-state index contributed by atoms with van der Waals surface area (Å²) in [4.78, 5) is 34.6. The Labute approximate surface area is 159 Å². The van der Waals surface area contributed by atoms with E-state index >= 15 is 0 Å². The van der Waals surface area contributed by atoms with Crippen LogP contribution in [-0.4, -0.2) is 60.2 Å². The predicted octanol–water partition coefficient (Wildman–Crippen LogP) is 2.63. The fourth-order valence-electron chi connectivity index (χ4n) is 1.39. The molecule has 0 bridgehead atoms. The van der Waals surface area contributed by atoms with E-state index in [2.05, 4.69) is 19.7 Å². The van der Waals surface area contributed by atoms with Crippen LogP contribution in [0, 0.1) is 0 Å². The summed E-state index contributed by atoms with van der Waals surface area (Å²) >= 11 is -3.24.